The van der Waals surface area contributed by atoms with Crippen LogP contribution in [-0.4, -0.2) is 19.2 Å². The first-order chi connectivity index (χ1) is 8.43. The van der Waals surface area contributed by atoms with Gasteiger partial charge in [-0.25, -0.2) is 4.79 Å². The van der Waals surface area contributed by atoms with Crippen molar-refractivity contribution in [3.05, 3.63) is 29.3 Å². The Kier molecular flexibility index (Phi) is 5.01. The number of nitrogens with one attached hydrogen (secondary N) is 2. The third-order valence-corrected chi connectivity index (χ3v) is 2.62. The second-order valence-corrected chi connectivity index (χ2v) is 4.74. The molecule has 4 heteroatoms. The monoisotopic (exact) mass is 250 g/mol. The molecule has 18 heavy (non-hydrogen) atoms. The largest absolute Gasteiger partial charge is 0.496 e. The second kappa shape index (κ2) is 6.28. The van der Waals surface area contributed by atoms with Crippen LogP contribution >= 0.6 is 0 Å². The van der Waals surface area contributed by atoms with Crippen LogP contribution in [0.5, 0.6) is 5.75 Å². The SMILES string of the molecule is COc1ccc(C)cc1C(C)NC(=O)NC(C)C. The second-order valence-electron chi connectivity index (χ2n) is 4.74. The molecule has 0 aliphatic carbocycles. The average Bonchev–Trinajstić information content (AvgIpc) is 2.27. The van der Waals surface area contributed by atoms with Gasteiger partial charge in [0, 0.05) is 11.6 Å². The van der Waals surface area contributed by atoms with Gasteiger partial charge in [0.15, 0.2) is 0 Å². The number of rotatable bonds is 4. The van der Waals surface area contributed by atoms with Crippen LogP contribution < -0.4 is 15.4 Å². The summed E-state index contributed by atoms with van der Waals surface area (Å²) in [6.07, 6.45) is 0. The Morgan fingerprint density at radius 3 is 2.44 bits per heavy atom. The Labute approximate surface area is 109 Å². The molecule has 0 bridgehead atoms. The molecule has 1 atom stereocenters. The van der Waals surface area contributed by atoms with Crippen molar-refractivity contribution in [1.82, 2.24) is 10.6 Å². The zero-order valence-electron chi connectivity index (χ0n) is 11.7. The topological polar surface area (TPSA) is 50.4 Å². The summed E-state index contributed by atoms with van der Waals surface area (Å²) < 4.78 is 5.31. The fraction of sp³-hybridized carbons (Fsp3) is 0.500. The number of amides is 2. The molecule has 0 aromatic heterocycles. The molecule has 0 saturated heterocycles. The van der Waals surface area contributed by atoms with E-state index in [2.05, 4.69) is 10.6 Å². The van der Waals surface area contributed by atoms with Crippen molar-refractivity contribution in [2.45, 2.75) is 39.8 Å². The summed E-state index contributed by atoms with van der Waals surface area (Å²) in [6.45, 7) is 7.82. The predicted molar refractivity (Wildman–Crippen MR) is 72.9 cm³/mol. The molecule has 0 spiro atoms. The number of urea groups is 1. The van der Waals surface area contributed by atoms with Gasteiger partial charge >= 0.3 is 6.03 Å². The van der Waals surface area contributed by atoms with E-state index in [0.29, 0.717) is 0 Å². The fourth-order valence-electron chi connectivity index (χ4n) is 1.77. The summed E-state index contributed by atoms with van der Waals surface area (Å²) in [5.74, 6) is 0.790. The Morgan fingerprint density at radius 1 is 1.22 bits per heavy atom. The lowest BCUT2D eigenvalue weighted by Gasteiger charge is -2.19. The Bertz CT molecular complexity index is 416. The number of carbonyl (C=O) groups excluding carboxylic acids is 1. The normalized spacial score (nSPS) is 12.1. The van der Waals surface area contributed by atoms with Gasteiger partial charge in [-0.2, -0.15) is 0 Å². The van der Waals surface area contributed by atoms with E-state index >= 15 is 0 Å². The van der Waals surface area contributed by atoms with E-state index in [0.717, 1.165) is 16.9 Å². The third kappa shape index (κ3) is 3.95. The van der Waals surface area contributed by atoms with Gasteiger partial charge in [0.2, 0.25) is 0 Å². The summed E-state index contributed by atoms with van der Waals surface area (Å²) in [5, 5.41) is 5.70. The highest BCUT2D eigenvalue weighted by Gasteiger charge is 2.14. The highest BCUT2D eigenvalue weighted by Crippen LogP contribution is 2.25. The number of hydrogen-bond acceptors (Lipinski definition) is 2. The molecule has 1 unspecified atom stereocenters. The molecule has 1 aromatic rings. The fourth-order valence-corrected chi connectivity index (χ4v) is 1.77. The average molecular weight is 250 g/mol. The standard InChI is InChI=1S/C14H22N2O2/c1-9(2)15-14(17)16-11(4)12-8-10(3)6-7-13(12)18-5/h6-9,11H,1-5H3,(H2,15,16,17). The minimum Gasteiger partial charge on any atom is -0.496 e. The van der Waals surface area contributed by atoms with Crippen LogP contribution in [0.2, 0.25) is 0 Å². The van der Waals surface area contributed by atoms with Crippen LogP contribution in [-0.2, 0) is 0 Å². The van der Waals surface area contributed by atoms with Crippen molar-refractivity contribution in [2.24, 2.45) is 0 Å². The minimum absolute atomic E-state index is 0.0985. The lowest BCUT2D eigenvalue weighted by Crippen LogP contribution is -2.40. The van der Waals surface area contributed by atoms with Gasteiger partial charge in [0.05, 0.1) is 13.2 Å². The summed E-state index contributed by atoms with van der Waals surface area (Å²) in [5.41, 5.74) is 2.13. The number of benzene rings is 1. The van der Waals surface area contributed by atoms with E-state index in [1.165, 1.54) is 0 Å². The minimum atomic E-state index is -0.166. The lowest BCUT2D eigenvalue weighted by molar-refractivity contribution is 0.235. The van der Waals surface area contributed by atoms with E-state index in [1.54, 1.807) is 7.11 Å². The van der Waals surface area contributed by atoms with E-state index < -0.39 is 0 Å². The van der Waals surface area contributed by atoms with Gasteiger partial charge in [-0.05, 0) is 33.8 Å². The Balaban J connectivity index is 2.80. The van der Waals surface area contributed by atoms with Gasteiger partial charge < -0.3 is 15.4 Å². The zero-order chi connectivity index (χ0) is 13.7. The first kappa shape index (κ1) is 14.4. The quantitative estimate of drug-likeness (QED) is 0.863. The molecule has 2 N–H and O–H groups in total. The van der Waals surface area contributed by atoms with E-state index in [1.807, 2.05) is 45.9 Å². The molecule has 0 fully saturated rings. The van der Waals surface area contributed by atoms with Gasteiger partial charge in [-0.15, -0.1) is 0 Å². The van der Waals surface area contributed by atoms with Gasteiger partial charge in [0.1, 0.15) is 5.75 Å². The Morgan fingerprint density at radius 2 is 1.89 bits per heavy atom. The van der Waals surface area contributed by atoms with Crippen LogP contribution in [0.1, 0.15) is 37.9 Å². The van der Waals surface area contributed by atoms with Gasteiger partial charge in [0.25, 0.3) is 0 Å². The number of methoxy groups -OCH3 is 1. The number of hydrogen-bond donors (Lipinski definition) is 2. The summed E-state index contributed by atoms with van der Waals surface area (Å²) in [4.78, 5) is 11.7. The first-order valence-corrected chi connectivity index (χ1v) is 6.15. The maximum absolute atomic E-state index is 11.7. The van der Waals surface area contributed by atoms with Crippen LogP contribution in [0.15, 0.2) is 18.2 Å². The van der Waals surface area contributed by atoms with E-state index in [-0.39, 0.29) is 18.1 Å². The van der Waals surface area contributed by atoms with Crippen LogP contribution in [0.3, 0.4) is 0 Å². The molecule has 1 rings (SSSR count). The van der Waals surface area contributed by atoms with Crippen LogP contribution in [0, 0.1) is 6.92 Å². The zero-order valence-corrected chi connectivity index (χ0v) is 11.7. The molecule has 0 saturated carbocycles. The van der Waals surface area contributed by atoms with Crippen LogP contribution in [0.4, 0.5) is 4.79 Å². The van der Waals surface area contributed by atoms with Crippen molar-refractivity contribution in [3.63, 3.8) is 0 Å². The van der Waals surface area contributed by atoms with E-state index in [4.69, 9.17) is 4.74 Å². The van der Waals surface area contributed by atoms with E-state index in [9.17, 15) is 4.79 Å². The molecule has 4 nitrogen and oxygen atoms in total. The molecule has 1 aromatic carbocycles. The predicted octanol–water partition coefficient (Wildman–Crippen LogP) is 2.77. The van der Waals surface area contributed by atoms with Crippen molar-refractivity contribution in [1.29, 1.82) is 0 Å². The van der Waals surface area contributed by atoms with Crippen molar-refractivity contribution >= 4 is 6.03 Å². The summed E-state index contributed by atoms with van der Waals surface area (Å²) in [7, 11) is 1.63. The van der Waals surface area contributed by atoms with Gasteiger partial charge in [-0.1, -0.05) is 17.7 Å². The lowest BCUT2D eigenvalue weighted by atomic mass is 10.0. The summed E-state index contributed by atoms with van der Waals surface area (Å²) in [6, 6.07) is 5.79. The summed E-state index contributed by atoms with van der Waals surface area (Å²) >= 11 is 0. The van der Waals surface area contributed by atoms with Crippen LogP contribution in [0.25, 0.3) is 0 Å². The molecular weight excluding hydrogens is 228 g/mol. The maximum Gasteiger partial charge on any atom is 0.315 e. The smallest absolute Gasteiger partial charge is 0.315 e. The molecule has 0 heterocycles. The molecule has 0 radical (unpaired) electrons. The van der Waals surface area contributed by atoms with Gasteiger partial charge in [-0.3, -0.25) is 0 Å². The number of carbonyl (C=O) groups is 1. The van der Waals surface area contributed by atoms with Crippen molar-refractivity contribution in [3.8, 4) is 5.75 Å². The third-order valence-electron chi connectivity index (χ3n) is 2.62. The molecule has 100 valence electrons. The molecular formula is C14H22N2O2. The Hall–Kier alpha value is -1.71. The molecule has 0 aliphatic rings. The first-order valence-electron chi connectivity index (χ1n) is 6.15. The highest BCUT2D eigenvalue weighted by molar-refractivity contribution is 5.74. The molecule has 2 amide bonds. The highest BCUT2D eigenvalue weighted by atomic mass is 16.5. The van der Waals surface area contributed by atoms with Crippen molar-refractivity contribution in [2.75, 3.05) is 7.11 Å². The van der Waals surface area contributed by atoms with Crippen molar-refractivity contribution < 1.29 is 9.53 Å². The number of ether oxygens (including phenoxy) is 1. The molecule has 0 aliphatic heterocycles. The number of aryl methyl sites for hydroxylation is 1. The maximum atomic E-state index is 11.7.